The number of anilines is 2. The van der Waals surface area contributed by atoms with Gasteiger partial charge in [-0.15, -0.1) is 0 Å². The minimum absolute atomic E-state index is 0.121. The van der Waals surface area contributed by atoms with E-state index in [9.17, 15) is 14.4 Å². The van der Waals surface area contributed by atoms with E-state index in [0.29, 0.717) is 46.1 Å². The van der Waals surface area contributed by atoms with Crippen LogP contribution in [-0.2, 0) is 20.5 Å². The first-order chi connectivity index (χ1) is 19.0. The molecule has 0 aromatic heterocycles. The fraction of sp³-hybridized carbons (Fsp3) is 0.219. The summed E-state index contributed by atoms with van der Waals surface area (Å²) >= 11 is 6.62. The number of fused-ring (bicyclic) bond motifs is 8. The number of rotatable bonds is 2. The molecule has 4 heterocycles. The second-order valence-electron chi connectivity index (χ2n) is 10.9. The minimum Gasteiger partial charge on any atom is -0.325 e. The topological polar surface area (TPSA) is 78.5 Å². The normalized spacial score (nSPS) is 28.5. The van der Waals surface area contributed by atoms with E-state index in [2.05, 4.69) is 15.5 Å². The van der Waals surface area contributed by atoms with Crippen LogP contribution in [0.4, 0.5) is 11.4 Å². The molecule has 0 aliphatic carbocycles. The predicted molar refractivity (Wildman–Crippen MR) is 150 cm³/mol. The molecule has 4 aliphatic heterocycles. The van der Waals surface area contributed by atoms with Crippen LogP contribution in [0.5, 0.6) is 0 Å². The molecule has 0 unspecified atom stereocenters. The van der Waals surface area contributed by atoms with Crippen molar-refractivity contribution in [3.05, 3.63) is 107 Å². The fourth-order valence-corrected chi connectivity index (χ4v) is 8.31. The number of hydrogen-bond donors (Lipinski definition) is 2. The first kappa shape index (κ1) is 22.9. The van der Waals surface area contributed by atoms with Gasteiger partial charge in [0.25, 0.3) is 5.91 Å². The van der Waals surface area contributed by atoms with Crippen molar-refractivity contribution < 1.29 is 14.4 Å². The first-order valence-corrected chi connectivity index (χ1v) is 13.7. The highest BCUT2D eigenvalue weighted by molar-refractivity contribution is 6.35. The van der Waals surface area contributed by atoms with Crippen LogP contribution in [0.1, 0.15) is 34.3 Å². The molecule has 4 atom stereocenters. The zero-order valence-corrected chi connectivity index (χ0v) is 21.7. The summed E-state index contributed by atoms with van der Waals surface area (Å²) < 4.78 is 0. The Labute approximate surface area is 230 Å². The molecule has 39 heavy (non-hydrogen) atoms. The number of nitrogens with one attached hydrogen (secondary N) is 2. The summed E-state index contributed by atoms with van der Waals surface area (Å²) in [6.07, 6.45) is 1.54. The van der Waals surface area contributed by atoms with Crippen molar-refractivity contribution in [1.29, 1.82) is 0 Å². The van der Waals surface area contributed by atoms with Gasteiger partial charge in [0, 0.05) is 22.9 Å². The number of Topliss-reactive ketones (excluding diaryl/α,β-unsaturated/α-hetero) is 1. The van der Waals surface area contributed by atoms with Crippen LogP contribution in [0.25, 0.3) is 10.8 Å². The van der Waals surface area contributed by atoms with Gasteiger partial charge in [-0.05, 0) is 53.9 Å². The third-order valence-corrected chi connectivity index (χ3v) is 9.71. The first-order valence-electron chi connectivity index (χ1n) is 13.3. The van der Waals surface area contributed by atoms with Crippen LogP contribution in [0.15, 0.2) is 84.9 Å². The SMILES string of the molecule is O=C(c1ccc2ccccc2c1)[C@H]1[C@H]2CCCN2[C@@]2(C(=O)Nc3c(Cl)cccc32)[C@]12C(=O)Nc1ccccc12. The van der Waals surface area contributed by atoms with Crippen LogP contribution < -0.4 is 10.6 Å². The Morgan fingerprint density at radius 1 is 0.846 bits per heavy atom. The standard InChI is InChI=1S/C32H24ClN3O3/c33-23-11-5-10-22-27(23)35-30(39)32(22)31(21-9-3-4-12-24(21)34-29(31)38)26(25-13-6-16-36(25)32)28(37)20-15-14-18-7-1-2-8-19(18)17-20/h1-5,7-12,14-15,17,25-26H,6,13,16H2,(H,34,38)(H,35,39)/t25-,26-,31+,32+/m1/s1. The van der Waals surface area contributed by atoms with Crippen LogP contribution >= 0.6 is 11.6 Å². The van der Waals surface area contributed by atoms with Crippen molar-refractivity contribution >= 4 is 51.3 Å². The maximum absolute atomic E-state index is 14.8. The Morgan fingerprint density at radius 3 is 2.49 bits per heavy atom. The molecular weight excluding hydrogens is 510 g/mol. The number of hydrogen-bond acceptors (Lipinski definition) is 4. The highest BCUT2D eigenvalue weighted by Crippen LogP contribution is 2.68. The average molecular weight is 534 g/mol. The van der Waals surface area contributed by atoms with E-state index in [1.807, 2.05) is 78.9 Å². The highest BCUT2D eigenvalue weighted by atomic mass is 35.5. The van der Waals surface area contributed by atoms with Crippen molar-refractivity contribution in [2.75, 3.05) is 17.2 Å². The van der Waals surface area contributed by atoms with E-state index >= 15 is 0 Å². The van der Waals surface area contributed by atoms with Gasteiger partial charge in [-0.3, -0.25) is 19.3 Å². The van der Waals surface area contributed by atoms with Gasteiger partial charge in [0.1, 0.15) is 11.0 Å². The minimum atomic E-state index is -1.47. The van der Waals surface area contributed by atoms with Crippen molar-refractivity contribution in [1.82, 2.24) is 4.90 Å². The Kier molecular flexibility index (Phi) is 4.57. The Hall–Kier alpha value is -4.00. The zero-order valence-electron chi connectivity index (χ0n) is 20.9. The molecule has 2 saturated heterocycles. The summed E-state index contributed by atoms with van der Waals surface area (Å²) in [7, 11) is 0. The second kappa shape index (κ2) is 7.78. The van der Waals surface area contributed by atoms with Crippen molar-refractivity contribution in [3.8, 4) is 0 Å². The lowest BCUT2D eigenvalue weighted by atomic mass is 9.57. The van der Waals surface area contributed by atoms with Gasteiger partial charge in [-0.1, -0.05) is 78.3 Å². The molecule has 0 saturated carbocycles. The third kappa shape index (κ3) is 2.59. The van der Waals surface area contributed by atoms with E-state index in [-0.39, 0.29) is 23.6 Å². The number of ketones is 1. The lowest BCUT2D eigenvalue weighted by molar-refractivity contribution is -0.137. The molecule has 192 valence electrons. The average Bonchev–Trinajstić information content (AvgIpc) is 3.67. The number of amides is 2. The molecule has 4 aromatic rings. The lowest BCUT2D eigenvalue weighted by Gasteiger charge is -2.43. The number of carbonyl (C=O) groups is 3. The number of benzene rings is 4. The Morgan fingerprint density at radius 2 is 1.62 bits per heavy atom. The van der Waals surface area contributed by atoms with Gasteiger partial charge in [-0.25, -0.2) is 0 Å². The summed E-state index contributed by atoms with van der Waals surface area (Å²) in [5, 5.41) is 8.52. The Bertz CT molecular complexity index is 1770. The van der Waals surface area contributed by atoms with Gasteiger partial charge < -0.3 is 10.6 Å². The molecule has 2 N–H and O–H groups in total. The number of para-hydroxylation sites is 2. The van der Waals surface area contributed by atoms with E-state index in [1.165, 1.54) is 0 Å². The quantitative estimate of drug-likeness (QED) is 0.333. The van der Waals surface area contributed by atoms with Gasteiger partial charge >= 0.3 is 0 Å². The van der Waals surface area contributed by atoms with E-state index in [4.69, 9.17) is 11.6 Å². The maximum Gasteiger partial charge on any atom is 0.251 e. The second-order valence-corrected chi connectivity index (χ2v) is 11.3. The molecule has 2 spiro atoms. The molecule has 4 aromatic carbocycles. The molecule has 0 bridgehead atoms. The number of nitrogens with zero attached hydrogens (tertiary/aromatic N) is 1. The Balaban J connectivity index is 1.46. The van der Waals surface area contributed by atoms with Crippen LogP contribution in [-0.4, -0.2) is 35.1 Å². The summed E-state index contributed by atoms with van der Waals surface area (Å²) in [6.45, 7) is 0.600. The third-order valence-electron chi connectivity index (χ3n) is 9.40. The number of halogens is 1. The summed E-state index contributed by atoms with van der Waals surface area (Å²) in [6, 6.07) is 26.3. The van der Waals surface area contributed by atoms with Crippen molar-refractivity contribution in [3.63, 3.8) is 0 Å². The number of carbonyl (C=O) groups excluding carboxylic acids is 3. The van der Waals surface area contributed by atoms with Gasteiger partial charge in [0.15, 0.2) is 5.78 Å². The summed E-state index contributed by atoms with van der Waals surface area (Å²) in [5.41, 5.74) is 0.162. The lowest BCUT2D eigenvalue weighted by Crippen LogP contribution is -2.62. The highest BCUT2D eigenvalue weighted by Gasteiger charge is 2.81. The summed E-state index contributed by atoms with van der Waals surface area (Å²) in [5.74, 6) is -1.52. The van der Waals surface area contributed by atoms with Crippen LogP contribution in [0.2, 0.25) is 5.02 Å². The molecule has 8 rings (SSSR count). The smallest absolute Gasteiger partial charge is 0.251 e. The van der Waals surface area contributed by atoms with Gasteiger partial charge in [-0.2, -0.15) is 0 Å². The van der Waals surface area contributed by atoms with Crippen LogP contribution in [0.3, 0.4) is 0 Å². The van der Waals surface area contributed by atoms with E-state index in [0.717, 1.165) is 17.2 Å². The molecule has 2 amide bonds. The van der Waals surface area contributed by atoms with E-state index in [1.54, 1.807) is 6.07 Å². The molecule has 4 aliphatic rings. The molecule has 7 heteroatoms. The van der Waals surface area contributed by atoms with Crippen molar-refractivity contribution in [2.24, 2.45) is 5.92 Å². The van der Waals surface area contributed by atoms with E-state index < -0.39 is 16.9 Å². The van der Waals surface area contributed by atoms with Gasteiger partial charge in [0.05, 0.1) is 16.6 Å². The van der Waals surface area contributed by atoms with Crippen LogP contribution in [0, 0.1) is 5.92 Å². The molecule has 0 radical (unpaired) electrons. The summed E-state index contributed by atoms with van der Waals surface area (Å²) in [4.78, 5) is 45.9. The predicted octanol–water partition coefficient (Wildman–Crippen LogP) is 5.51. The largest absolute Gasteiger partial charge is 0.325 e. The molecular formula is C32H24ClN3O3. The van der Waals surface area contributed by atoms with Gasteiger partial charge in [0.2, 0.25) is 5.91 Å². The monoisotopic (exact) mass is 533 g/mol. The molecule has 6 nitrogen and oxygen atoms in total. The van der Waals surface area contributed by atoms with Crippen molar-refractivity contribution in [2.45, 2.75) is 29.8 Å². The zero-order chi connectivity index (χ0) is 26.5. The maximum atomic E-state index is 14.8. The fourth-order valence-electron chi connectivity index (χ4n) is 8.09. The molecule has 2 fully saturated rings.